The third-order valence-corrected chi connectivity index (χ3v) is 4.72. The summed E-state index contributed by atoms with van der Waals surface area (Å²) in [5.74, 6) is -0.434. The van der Waals surface area contributed by atoms with Gasteiger partial charge in [-0.2, -0.15) is 0 Å². The number of thiazole rings is 1. The first kappa shape index (κ1) is 15.2. The van der Waals surface area contributed by atoms with Gasteiger partial charge in [-0.3, -0.25) is 4.99 Å². The zero-order chi connectivity index (χ0) is 14.7. The number of rotatable bonds is 2. The largest absolute Gasteiger partial charge is 0.699 e. The van der Waals surface area contributed by atoms with E-state index in [1.165, 1.54) is 40.3 Å². The van der Waals surface area contributed by atoms with Gasteiger partial charge in [0.15, 0.2) is 6.04 Å². The normalized spacial score (nSPS) is 17.4. The van der Waals surface area contributed by atoms with Crippen molar-refractivity contribution in [3.05, 3.63) is 33.1 Å². The number of carboxylic acids is 1. The predicted octanol–water partition coefficient (Wildman–Crippen LogP) is 3.21. The standard InChI is InChI=1S/C11H9N3O2S2.N.V/c12-5-1-2-6-8(3-5)18-10(13-6)9-14-7(4-17-9)11(15)16;;/h1-3,7H,4H2,(H3,12,14,15,16);;/q;-1;/p-1. The third-order valence-electron chi connectivity index (χ3n) is 2.51. The molecule has 1 aromatic heterocycles. The number of thioether (sulfide) groups is 1. The Balaban J connectivity index is 0.000000704. The number of nitrogens with one attached hydrogen (secondary N) is 1. The van der Waals surface area contributed by atoms with Gasteiger partial charge in [0.05, 0.1) is 10.2 Å². The molecule has 0 aliphatic carbocycles. The minimum Gasteiger partial charge on any atom is -0.699 e. The molecule has 0 saturated heterocycles. The molecular formula is C11H8N4O2S2V-2. The van der Waals surface area contributed by atoms with Gasteiger partial charge in [-0.1, -0.05) is 12.1 Å². The van der Waals surface area contributed by atoms with Gasteiger partial charge in [0.2, 0.25) is 0 Å². The zero-order valence-corrected chi connectivity index (χ0v) is 13.0. The number of carboxylic acid groups (broad SMARTS) is 1. The SMILES string of the molecule is [N-]=[V].[NH-]c1ccc2nc(C3=NC(C(=O)O)CS3)sc2c1. The van der Waals surface area contributed by atoms with Crippen molar-refractivity contribution in [3.8, 4) is 0 Å². The summed E-state index contributed by atoms with van der Waals surface area (Å²) in [6, 6.07) is 4.58. The number of fused-ring (bicyclic) bond motifs is 1. The van der Waals surface area contributed by atoms with E-state index >= 15 is 0 Å². The van der Waals surface area contributed by atoms with Crippen LogP contribution in [0.4, 0.5) is 5.69 Å². The summed E-state index contributed by atoms with van der Waals surface area (Å²) in [7, 11) is 0. The molecule has 2 N–H and O–H groups in total. The Kier molecular flexibility index (Phi) is 4.93. The quantitative estimate of drug-likeness (QED) is 0.903. The number of hydrogen-bond donors (Lipinski definition) is 1. The van der Waals surface area contributed by atoms with Crippen LogP contribution in [0.25, 0.3) is 20.2 Å². The molecule has 103 valence electrons. The minimum atomic E-state index is -0.896. The van der Waals surface area contributed by atoms with Crippen LogP contribution in [0.15, 0.2) is 23.2 Å². The van der Waals surface area contributed by atoms with Gasteiger partial charge in [0.1, 0.15) is 10.1 Å². The molecule has 1 unspecified atom stereocenters. The fraction of sp³-hybridized carbons (Fsp3) is 0.182. The van der Waals surface area contributed by atoms with Crippen LogP contribution in [-0.4, -0.2) is 32.9 Å². The van der Waals surface area contributed by atoms with E-state index < -0.39 is 12.0 Å². The number of carbonyl (C=O) groups is 1. The molecule has 6 nitrogen and oxygen atoms in total. The van der Waals surface area contributed by atoms with Crippen molar-refractivity contribution in [2.75, 3.05) is 5.75 Å². The van der Waals surface area contributed by atoms with E-state index in [-0.39, 0.29) is 0 Å². The summed E-state index contributed by atoms with van der Waals surface area (Å²) in [6.07, 6.45) is 0. The van der Waals surface area contributed by atoms with Gasteiger partial charge in [0, 0.05) is 5.75 Å². The van der Waals surface area contributed by atoms with Crippen molar-refractivity contribution in [2.45, 2.75) is 6.04 Å². The number of aromatic nitrogens is 1. The Hall–Kier alpha value is -1.22. The minimum absolute atomic E-state index is 0.446. The predicted molar refractivity (Wildman–Crippen MR) is 77.4 cm³/mol. The molecule has 0 fully saturated rings. The van der Waals surface area contributed by atoms with E-state index in [4.69, 9.17) is 15.0 Å². The van der Waals surface area contributed by atoms with E-state index in [0.29, 0.717) is 16.5 Å². The van der Waals surface area contributed by atoms with Crippen molar-refractivity contribution in [1.82, 2.24) is 4.98 Å². The maximum Gasteiger partial charge on any atom is 0.329 e. The summed E-state index contributed by atoms with van der Waals surface area (Å²) in [4.78, 5) is 19.4. The number of benzene rings is 1. The smallest absolute Gasteiger partial charge is 0.329 e. The molecule has 1 aliphatic rings. The van der Waals surface area contributed by atoms with Crippen LogP contribution in [0.2, 0.25) is 0 Å². The molecular weight excluding hydrogens is 335 g/mol. The average molecular weight is 343 g/mol. The fourth-order valence-electron chi connectivity index (χ4n) is 1.63. The number of nitrogens with zero attached hydrogens (tertiary/aromatic N) is 3. The second-order valence-electron chi connectivity index (χ2n) is 3.80. The van der Waals surface area contributed by atoms with Crippen LogP contribution in [0, 0.1) is 0 Å². The second kappa shape index (κ2) is 6.49. The van der Waals surface area contributed by atoms with E-state index in [1.54, 1.807) is 18.2 Å². The molecule has 20 heavy (non-hydrogen) atoms. The first-order valence-electron chi connectivity index (χ1n) is 5.39. The second-order valence-corrected chi connectivity index (χ2v) is 5.84. The first-order valence-corrected chi connectivity index (χ1v) is 7.82. The number of aliphatic carboxylic acids is 1. The van der Waals surface area contributed by atoms with Crippen LogP contribution in [-0.2, 0) is 22.0 Å². The average Bonchev–Trinajstić information content (AvgIpc) is 3.06. The van der Waals surface area contributed by atoms with E-state index in [1.807, 2.05) is 0 Å². The topological polar surface area (TPSA) is 109 Å². The van der Waals surface area contributed by atoms with E-state index in [2.05, 4.69) is 9.98 Å². The third kappa shape index (κ3) is 3.09. The van der Waals surface area contributed by atoms with Crippen LogP contribution < -0.4 is 0 Å². The molecule has 0 saturated carbocycles. The molecule has 0 radical (unpaired) electrons. The maximum atomic E-state index is 10.8. The molecule has 1 atom stereocenters. The summed E-state index contributed by atoms with van der Waals surface area (Å²) >= 11 is 4.18. The van der Waals surface area contributed by atoms with Crippen molar-refractivity contribution < 1.29 is 27.1 Å². The molecule has 3 rings (SSSR count). The summed E-state index contributed by atoms with van der Waals surface area (Å²) in [6.45, 7) is 0. The Bertz CT molecular complexity index is 688. The van der Waals surface area contributed by atoms with Gasteiger partial charge in [-0.05, 0) is 6.07 Å². The molecule has 0 bridgehead atoms. The molecule has 0 spiro atoms. The Morgan fingerprint density at radius 2 is 2.25 bits per heavy atom. The Labute approximate surface area is 132 Å². The van der Waals surface area contributed by atoms with E-state index in [9.17, 15) is 4.79 Å². The molecule has 1 aromatic carbocycles. The van der Waals surface area contributed by atoms with Crippen LogP contribution in [0.1, 0.15) is 5.01 Å². The van der Waals surface area contributed by atoms with Gasteiger partial charge in [0.25, 0.3) is 0 Å². The van der Waals surface area contributed by atoms with Gasteiger partial charge in [-0.15, -0.1) is 28.8 Å². The first-order chi connectivity index (χ1) is 9.63. The molecule has 1 aliphatic heterocycles. The number of hydrogen-bond acceptors (Lipinski definition) is 5. The van der Waals surface area contributed by atoms with Gasteiger partial charge >= 0.3 is 27.4 Å². The maximum absolute atomic E-state index is 10.8. The summed E-state index contributed by atoms with van der Waals surface area (Å²) in [5, 5.41) is 10.3. The monoisotopic (exact) mass is 343 g/mol. The van der Waals surface area contributed by atoms with Gasteiger partial charge in [-0.25, -0.2) is 9.78 Å². The number of aliphatic imine (C=N–C) groups is 1. The van der Waals surface area contributed by atoms with Crippen molar-refractivity contribution in [2.24, 2.45) is 4.99 Å². The van der Waals surface area contributed by atoms with Crippen LogP contribution in [0.3, 0.4) is 0 Å². The summed E-state index contributed by atoms with van der Waals surface area (Å²) < 4.78 is 7.87. The van der Waals surface area contributed by atoms with E-state index in [0.717, 1.165) is 15.2 Å². The Morgan fingerprint density at radius 3 is 2.90 bits per heavy atom. The molecule has 9 heteroatoms. The molecule has 2 heterocycles. The fourth-order valence-corrected chi connectivity index (χ4v) is 3.74. The van der Waals surface area contributed by atoms with Crippen molar-refractivity contribution in [3.63, 3.8) is 0 Å². The molecule has 2 aromatic rings. The molecule has 0 amide bonds. The van der Waals surface area contributed by atoms with Crippen LogP contribution in [0.5, 0.6) is 0 Å². The zero-order valence-electron chi connectivity index (χ0n) is 9.98. The van der Waals surface area contributed by atoms with Gasteiger partial charge < -0.3 is 10.8 Å². The Morgan fingerprint density at radius 1 is 1.50 bits per heavy atom. The van der Waals surface area contributed by atoms with Crippen molar-refractivity contribution >= 4 is 50.0 Å². The van der Waals surface area contributed by atoms with Crippen molar-refractivity contribution in [1.29, 1.82) is 0 Å². The summed E-state index contributed by atoms with van der Waals surface area (Å²) in [5.41, 5.74) is 8.82. The van der Waals surface area contributed by atoms with Crippen LogP contribution >= 0.6 is 23.1 Å².